The molecule has 0 aliphatic heterocycles. The minimum Gasteiger partial charge on any atom is -0.494 e. The molecule has 12 heteroatoms. The lowest BCUT2D eigenvalue weighted by atomic mass is 9.78. The van der Waals surface area contributed by atoms with Crippen LogP contribution in [0.5, 0.6) is 34.5 Å². The van der Waals surface area contributed by atoms with Gasteiger partial charge in [0.25, 0.3) is 0 Å². The number of hydrogen-bond acceptors (Lipinski definition) is 10. The van der Waals surface area contributed by atoms with Crippen LogP contribution in [0, 0.1) is 35.5 Å². The van der Waals surface area contributed by atoms with Gasteiger partial charge < -0.3 is 48.5 Å². The molecule has 0 saturated heterocycles. The van der Waals surface area contributed by atoms with Crippen LogP contribution >= 0.6 is 0 Å². The smallest absolute Gasteiger partial charge is 0.492 e. The van der Waals surface area contributed by atoms with E-state index in [1.165, 1.54) is 0 Å². The minimum absolute atomic E-state index is 0.249. The molecule has 3 rings (SSSR count). The van der Waals surface area contributed by atoms with Gasteiger partial charge in [0.15, 0.2) is 0 Å². The highest BCUT2D eigenvalue weighted by Gasteiger charge is 2.24. The molecule has 0 fully saturated rings. The van der Waals surface area contributed by atoms with Crippen molar-refractivity contribution in [2.24, 2.45) is 35.5 Å². The quantitative estimate of drug-likeness (QED) is 0.0379. The molecular weight excluding hydrogens is 806 g/mol. The lowest BCUT2D eigenvalue weighted by Gasteiger charge is -2.20. The van der Waals surface area contributed by atoms with Crippen LogP contribution in [0.4, 0.5) is 0 Å². The molecule has 6 atom stereocenters. The summed E-state index contributed by atoms with van der Waals surface area (Å²) in [6.45, 7) is 28.3. The largest absolute Gasteiger partial charge is 0.494 e. The molecule has 0 aliphatic carbocycles. The third kappa shape index (κ3) is 17.4. The van der Waals surface area contributed by atoms with E-state index in [-0.39, 0.29) is 34.6 Å². The maximum absolute atomic E-state index is 10.4. The van der Waals surface area contributed by atoms with Gasteiger partial charge in [-0.15, -0.1) is 0 Å². The van der Waals surface area contributed by atoms with Crippen LogP contribution in [0.15, 0.2) is 36.4 Å². The first-order valence-corrected chi connectivity index (χ1v) is 24.0. The molecule has 4 N–H and O–H groups in total. The summed E-state index contributed by atoms with van der Waals surface area (Å²) < 4.78 is 38.3. The first-order chi connectivity index (χ1) is 30.6. The molecule has 3 aromatic carbocycles. The molecule has 0 aliphatic rings. The van der Waals surface area contributed by atoms with Gasteiger partial charge in [-0.25, -0.2) is 0 Å². The SMILES string of the molecule is CC[C@H](C)COc1cc(/C=C/c2cc(OC[C@@H](C)CC)c(B(O)O)cc2OC[C@@H](C)CC)c(OC[C@@H](C)CC)cc1/C=C/c1cc(OC[C@@H](C)CC)c(B(O)O)cc1OC[C@@H](C)CC. The zero-order chi connectivity index (χ0) is 47.3. The molecule has 3 aromatic rings. The van der Waals surface area contributed by atoms with Gasteiger partial charge in [0.2, 0.25) is 0 Å². The Labute approximate surface area is 386 Å². The molecule has 10 nitrogen and oxygen atoms in total. The Balaban J connectivity index is 2.30. The summed E-state index contributed by atoms with van der Waals surface area (Å²) in [7, 11) is -3.49. The van der Waals surface area contributed by atoms with Gasteiger partial charge in [0.1, 0.15) is 34.5 Å². The summed E-state index contributed by atoms with van der Waals surface area (Å²) >= 11 is 0. The van der Waals surface area contributed by atoms with E-state index >= 15 is 0 Å². The minimum atomic E-state index is -1.74. The Bertz CT molecular complexity index is 1760. The third-order valence-electron chi connectivity index (χ3n) is 12.2. The predicted octanol–water partition coefficient (Wildman–Crippen LogP) is 9.94. The van der Waals surface area contributed by atoms with Crippen LogP contribution in [0.1, 0.15) is 144 Å². The molecule has 64 heavy (non-hydrogen) atoms. The average Bonchev–Trinajstić information content (AvgIpc) is 3.30. The van der Waals surface area contributed by atoms with E-state index in [1.807, 2.05) is 48.6 Å². The number of rotatable bonds is 30. The summed E-state index contributed by atoms with van der Waals surface area (Å²) in [6.07, 6.45) is 13.5. The van der Waals surface area contributed by atoms with Crippen molar-refractivity contribution < 1.29 is 48.5 Å². The second-order valence-electron chi connectivity index (χ2n) is 18.1. The van der Waals surface area contributed by atoms with Crippen LogP contribution in [0.25, 0.3) is 24.3 Å². The van der Waals surface area contributed by atoms with Gasteiger partial charge in [-0.3, -0.25) is 0 Å². The van der Waals surface area contributed by atoms with Crippen LogP contribution in [0.2, 0.25) is 0 Å². The Morgan fingerprint density at radius 2 is 0.531 bits per heavy atom. The van der Waals surface area contributed by atoms with Crippen molar-refractivity contribution in [2.45, 2.75) is 122 Å². The number of hydrogen-bond donors (Lipinski definition) is 4. The first-order valence-electron chi connectivity index (χ1n) is 24.0. The van der Waals surface area contributed by atoms with Crippen molar-refractivity contribution >= 4 is 49.5 Å². The maximum atomic E-state index is 10.4. The zero-order valence-electron chi connectivity index (χ0n) is 41.1. The highest BCUT2D eigenvalue weighted by molar-refractivity contribution is 6.60. The lowest BCUT2D eigenvalue weighted by Crippen LogP contribution is -2.32. The van der Waals surface area contributed by atoms with Crippen molar-refractivity contribution in [3.8, 4) is 34.5 Å². The molecule has 0 unspecified atom stereocenters. The van der Waals surface area contributed by atoms with E-state index in [4.69, 9.17) is 28.4 Å². The zero-order valence-corrected chi connectivity index (χ0v) is 41.1. The van der Waals surface area contributed by atoms with E-state index in [0.29, 0.717) is 86.0 Å². The fourth-order valence-electron chi connectivity index (χ4n) is 5.91. The van der Waals surface area contributed by atoms with Crippen molar-refractivity contribution in [3.63, 3.8) is 0 Å². The normalized spacial score (nSPS) is 14.5. The predicted molar refractivity (Wildman–Crippen MR) is 267 cm³/mol. The summed E-state index contributed by atoms with van der Waals surface area (Å²) in [6, 6.07) is 11.0. The summed E-state index contributed by atoms with van der Waals surface area (Å²) in [5, 5.41) is 41.7. The molecule has 0 amide bonds. The second kappa shape index (κ2) is 28.1. The fraction of sp³-hybridized carbons (Fsp3) is 0.577. The van der Waals surface area contributed by atoms with E-state index in [1.54, 1.807) is 12.1 Å². The molecule has 0 spiro atoms. The molecule has 0 heterocycles. The van der Waals surface area contributed by atoms with Crippen molar-refractivity contribution in [1.82, 2.24) is 0 Å². The molecule has 0 bridgehead atoms. The number of benzene rings is 3. The van der Waals surface area contributed by atoms with E-state index in [0.717, 1.165) is 60.8 Å². The third-order valence-corrected chi connectivity index (χ3v) is 12.2. The first kappa shape index (κ1) is 54.2. The molecule has 0 aromatic heterocycles. The summed E-state index contributed by atoms with van der Waals surface area (Å²) in [5.41, 5.74) is 3.52. The average molecular weight is 887 g/mol. The van der Waals surface area contributed by atoms with Crippen LogP contribution < -0.4 is 39.3 Å². The van der Waals surface area contributed by atoms with Gasteiger partial charge in [-0.2, -0.15) is 0 Å². The molecule has 0 saturated carbocycles. The van der Waals surface area contributed by atoms with Gasteiger partial charge in [-0.1, -0.05) is 146 Å². The Morgan fingerprint density at radius 1 is 0.344 bits per heavy atom. The fourth-order valence-corrected chi connectivity index (χ4v) is 5.91. The van der Waals surface area contributed by atoms with Crippen LogP contribution in [-0.4, -0.2) is 74.0 Å². The van der Waals surface area contributed by atoms with Gasteiger partial charge in [0, 0.05) is 33.2 Å². The van der Waals surface area contributed by atoms with Gasteiger partial charge in [0.05, 0.1) is 39.6 Å². The highest BCUT2D eigenvalue weighted by Crippen LogP contribution is 2.36. The summed E-state index contributed by atoms with van der Waals surface area (Å²) in [4.78, 5) is 0. The van der Waals surface area contributed by atoms with Crippen molar-refractivity contribution in [1.29, 1.82) is 0 Å². The van der Waals surface area contributed by atoms with E-state index in [9.17, 15) is 20.1 Å². The van der Waals surface area contributed by atoms with E-state index < -0.39 is 14.2 Å². The van der Waals surface area contributed by atoms with Crippen molar-refractivity contribution in [2.75, 3.05) is 39.6 Å². The Kier molecular flexibility index (Phi) is 23.8. The Hall–Kier alpha value is -4.09. The Morgan fingerprint density at radius 3 is 0.734 bits per heavy atom. The lowest BCUT2D eigenvalue weighted by molar-refractivity contribution is 0.249. The van der Waals surface area contributed by atoms with E-state index in [2.05, 4.69) is 83.1 Å². The monoisotopic (exact) mass is 887 g/mol. The molecule has 0 radical (unpaired) electrons. The van der Waals surface area contributed by atoms with Crippen molar-refractivity contribution in [3.05, 3.63) is 58.7 Å². The standard InChI is InChI=1S/C52H80B2O10/c1-13-35(7)29-59-47-23-42(20-22-44-26-52(64-34-40(12)18-6)46(54(57)58)28-50(44)62-32-38(10)16-4)48(60-30-36(8)14-2)24-41(47)19-21-43-25-51(63-33-39(11)17-5)45(53(55)56)27-49(43)61-31-37(9)15-3/h19-28,35-40,55-58H,13-18,29-34H2,1-12H3/b21-19+,22-20+/t35-,36-,37-,38-,39-,40-/m0/s1. The second-order valence-corrected chi connectivity index (χ2v) is 18.1. The van der Waals surface area contributed by atoms with Crippen LogP contribution in [0.3, 0.4) is 0 Å². The highest BCUT2D eigenvalue weighted by atomic mass is 16.5. The van der Waals surface area contributed by atoms with Crippen LogP contribution in [-0.2, 0) is 0 Å². The van der Waals surface area contributed by atoms with Gasteiger partial charge >= 0.3 is 14.2 Å². The summed E-state index contributed by atoms with van der Waals surface area (Å²) in [5.74, 6) is 4.88. The molecule has 354 valence electrons. The maximum Gasteiger partial charge on any atom is 0.492 e. The molecular formula is C52H80B2O10. The van der Waals surface area contributed by atoms with Gasteiger partial charge in [-0.05, 0) is 71.9 Å². The number of ether oxygens (including phenoxy) is 6. The topological polar surface area (TPSA) is 136 Å².